The first kappa shape index (κ1) is 9.15. The summed E-state index contributed by atoms with van der Waals surface area (Å²) in [5.74, 6) is -0.282. The second kappa shape index (κ2) is 3.06. The number of rotatable bonds is 2. The third kappa shape index (κ3) is 1.28. The van der Waals surface area contributed by atoms with Gasteiger partial charge in [0, 0.05) is 18.3 Å². The van der Waals surface area contributed by atoms with Crippen molar-refractivity contribution < 1.29 is 9.53 Å². The molecule has 2 unspecified atom stereocenters. The van der Waals surface area contributed by atoms with Gasteiger partial charge in [-0.25, -0.2) is 0 Å². The largest absolute Gasteiger partial charge is 0.468 e. The van der Waals surface area contributed by atoms with E-state index in [9.17, 15) is 4.79 Å². The van der Waals surface area contributed by atoms with Crippen LogP contribution in [-0.2, 0) is 9.53 Å². The van der Waals surface area contributed by atoms with Crippen molar-refractivity contribution in [1.29, 1.82) is 0 Å². The molecule has 0 radical (unpaired) electrons. The first-order valence-electron chi connectivity index (χ1n) is 4.45. The van der Waals surface area contributed by atoms with Gasteiger partial charge in [0.05, 0.1) is 7.11 Å². The van der Waals surface area contributed by atoms with Gasteiger partial charge in [0.1, 0.15) is 5.54 Å². The third-order valence-corrected chi connectivity index (χ3v) is 2.66. The van der Waals surface area contributed by atoms with E-state index in [1.54, 1.807) is 12.4 Å². The maximum Gasteiger partial charge on any atom is 0.326 e. The first-order valence-corrected chi connectivity index (χ1v) is 4.45. The lowest BCUT2D eigenvalue weighted by Crippen LogP contribution is -2.35. The average Bonchev–Trinajstić information content (AvgIpc) is 2.92. The lowest BCUT2D eigenvalue weighted by atomic mass is 10.1. The second-order valence-corrected chi connectivity index (χ2v) is 3.58. The Bertz CT molecular complexity index is 352. The third-order valence-electron chi connectivity index (χ3n) is 2.66. The minimum absolute atomic E-state index is 0.0589. The normalized spacial score (nSPS) is 29.7. The number of aromatic nitrogens is 1. The summed E-state index contributed by atoms with van der Waals surface area (Å²) in [5, 5.41) is 0. The van der Waals surface area contributed by atoms with E-state index in [2.05, 4.69) is 9.72 Å². The molecule has 4 nitrogen and oxygen atoms in total. The van der Waals surface area contributed by atoms with Gasteiger partial charge in [0.15, 0.2) is 0 Å². The molecule has 2 atom stereocenters. The molecule has 4 heteroatoms. The van der Waals surface area contributed by atoms with E-state index in [-0.39, 0.29) is 11.9 Å². The fourth-order valence-electron chi connectivity index (χ4n) is 1.69. The number of pyridine rings is 1. The van der Waals surface area contributed by atoms with Crippen molar-refractivity contribution >= 4 is 5.97 Å². The van der Waals surface area contributed by atoms with E-state index in [1.807, 2.05) is 12.1 Å². The van der Waals surface area contributed by atoms with Gasteiger partial charge in [-0.3, -0.25) is 9.78 Å². The van der Waals surface area contributed by atoms with E-state index in [4.69, 9.17) is 5.73 Å². The Labute approximate surface area is 82.1 Å². The van der Waals surface area contributed by atoms with Crippen molar-refractivity contribution in [2.45, 2.75) is 17.9 Å². The van der Waals surface area contributed by atoms with Gasteiger partial charge in [-0.15, -0.1) is 0 Å². The van der Waals surface area contributed by atoms with Gasteiger partial charge in [0.2, 0.25) is 0 Å². The Hall–Kier alpha value is -1.42. The zero-order chi connectivity index (χ0) is 10.2. The van der Waals surface area contributed by atoms with Crippen molar-refractivity contribution in [1.82, 2.24) is 4.98 Å². The van der Waals surface area contributed by atoms with Crippen LogP contribution < -0.4 is 5.73 Å². The Morgan fingerprint density at radius 1 is 1.79 bits per heavy atom. The molecule has 0 aromatic carbocycles. The molecule has 74 valence electrons. The SMILES string of the molecule is COC(=O)C1(N)CC1c1cccnc1. The Morgan fingerprint density at radius 2 is 2.57 bits per heavy atom. The highest BCUT2D eigenvalue weighted by molar-refractivity contribution is 5.86. The molecule has 0 aliphatic heterocycles. The lowest BCUT2D eigenvalue weighted by molar-refractivity contribution is -0.143. The number of carbonyl (C=O) groups is 1. The maximum absolute atomic E-state index is 11.3. The predicted octanol–water partition coefficient (Wildman–Crippen LogP) is 0.439. The number of carbonyl (C=O) groups excluding carboxylic acids is 1. The highest BCUT2D eigenvalue weighted by Gasteiger charge is 2.58. The van der Waals surface area contributed by atoms with Gasteiger partial charge in [-0.05, 0) is 18.1 Å². The van der Waals surface area contributed by atoms with Crippen LogP contribution in [0.3, 0.4) is 0 Å². The van der Waals surface area contributed by atoms with Crippen LogP contribution in [0.25, 0.3) is 0 Å². The maximum atomic E-state index is 11.3. The van der Waals surface area contributed by atoms with Crippen LogP contribution in [0.4, 0.5) is 0 Å². The van der Waals surface area contributed by atoms with Crippen LogP contribution in [0.15, 0.2) is 24.5 Å². The molecular weight excluding hydrogens is 180 g/mol. The quantitative estimate of drug-likeness (QED) is 0.690. The minimum atomic E-state index is -0.822. The summed E-state index contributed by atoms with van der Waals surface area (Å²) < 4.78 is 4.64. The summed E-state index contributed by atoms with van der Waals surface area (Å²) >= 11 is 0. The Balaban J connectivity index is 2.16. The number of esters is 1. The molecule has 2 rings (SSSR count). The molecule has 1 aromatic rings. The molecule has 1 aliphatic carbocycles. The van der Waals surface area contributed by atoms with Gasteiger partial charge in [0.25, 0.3) is 0 Å². The van der Waals surface area contributed by atoms with Crippen LogP contribution in [0, 0.1) is 0 Å². The number of nitrogens with zero attached hydrogens (tertiary/aromatic N) is 1. The molecule has 1 aromatic heterocycles. The molecule has 1 aliphatic rings. The van der Waals surface area contributed by atoms with Crippen LogP contribution >= 0.6 is 0 Å². The van der Waals surface area contributed by atoms with Gasteiger partial charge in [-0.2, -0.15) is 0 Å². The fraction of sp³-hybridized carbons (Fsp3) is 0.400. The molecule has 0 saturated heterocycles. The summed E-state index contributed by atoms with van der Waals surface area (Å²) in [6, 6.07) is 3.76. The number of ether oxygens (including phenoxy) is 1. The number of hydrogen-bond donors (Lipinski definition) is 1. The molecule has 1 heterocycles. The van der Waals surface area contributed by atoms with Crippen LogP contribution in [-0.4, -0.2) is 23.6 Å². The van der Waals surface area contributed by atoms with E-state index in [0.717, 1.165) is 5.56 Å². The molecule has 0 spiro atoms. The molecule has 1 fully saturated rings. The van der Waals surface area contributed by atoms with Crippen LogP contribution in [0.2, 0.25) is 0 Å². The topological polar surface area (TPSA) is 65.2 Å². The molecule has 0 amide bonds. The molecule has 14 heavy (non-hydrogen) atoms. The van der Waals surface area contributed by atoms with Gasteiger partial charge in [-0.1, -0.05) is 6.07 Å². The highest BCUT2D eigenvalue weighted by Crippen LogP contribution is 2.49. The van der Waals surface area contributed by atoms with Crippen molar-refractivity contribution in [3.05, 3.63) is 30.1 Å². The smallest absolute Gasteiger partial charge is 0.326 e. The average molecular weight is 192 g/mol. The highest BCUT2D eigenvalue weighted by atomic mass is 16.5. The molecule has 0 bridgehead atoms. The molecular formula is C10H12N2O2. The zero-order valence-electron chi connectivity index (χ0n) is 7.93. The summed E-state index contributed by atoms with van der Waals surface area (Å²) in [7, 11) is 1.36. The standard InChI is InChI=1S/C10H12N2O2/c1-14-9(13)10(11)5-8(10)7-3-2-4-12-6-7/h2-4,6,8H,5,11H2,1H3. The van der Waals surface area contributed by atoms with Crippen LogP contribution in [0.5, 0.6) is 0 Å². The summed E-state index contributed by atoms with van der Waals surface area (Å²) in [4.78, 5) is 15.3. The zero-order valence-corrected chi connectivity index (χ0v) is 7.93. The second-order valence-electron chi connectivity index (χ2n) is 3.58. The summed E-state index contributed by atoms with van der Waals surface area (Å²) in [6.07, 6.45) is 4.08. The molecule has 1 saturated carbocycles. The predicted molar refractivity (Wildman–Crippen MR) is 50.5 cm³/mol. The van der Waals surface area contributed by atoms with Crippen molar-refractivity contribution in [2.24, 2.45) is 5.73 Å². The lowest BCUT2D eigenvalue weighted by Gasteiger charge is -2.07. The van der Waals surface area contributed by atoms with Crippen LogP contribution in [0.1, 0.15) is 17.9 Å². The Kier molecular flexibility index (Phi) is 2.00. The van der Waals surface area contributed by atoms with Crippen molar-refractivity contribution in [2.75, 3.05) is 7.11 Å². The van der Waals surface area contributed by atoms with Crippen molar-refractivity contribution in [3.63, 3.8) is 0 Å². The van der Waals surface area contributed by atoms with E-state index >= 15 is 0 Å². The summed E-state index contributed by atoms with van der Waals surface area (Å²) in [5.41, 5.74) is 6.05. The minimum Gasteiger partial charge on any atom is -0.468 e. The molecule has 2 N–H and O–H groups in total. The Morgan fingerprint density at radius 3 is 3.14 bits per heavy atom. The van der Waals surface area contributed by atoms with Crippen molar-refractivity contribution in [3.8, 4) is 0 Å². The number of nitrogens with two attached hydrogens (primary N) is 1. The first-order chi connectivity index (χ1) is 6.68. The number of hydrogen-bond acceptors (Lipinski definition) is 4. The van der Waals surface area contributed by atoms with E-state index in [0.29, 0.717) is 6.42 Å². The van der Waals surface area contributed by atoms with E-state index in [1.165, 1.54) is 7.11 Å². The summed E-state index contributed by atoms with van der Waals surface area (Å²) in [6.45, 7) is 0. The monoisotopic (exact) mass is 192 g/mol. The fourth-order valence-corrected chi connectivity index (χ4v) is 1.69. The van der Waals surface area contributed by atoms with E-state index < -0.39 is 5.54 Å². The van der Waals surface area contributed by atoms with Gasteiger partial charge < -0.3 is 10.5 Å². The number of methoxy groups -OCH3 is 1. The van der Waals surface area contributed by atoms with Gasteiger partial charge >= 0.3 is 5.97 Å².